The normalized spacial score (nSPS) is 25.5. The molecule has 0 amide bonds. The van der Waals surface area contributed by atoms with Crippen LogP contribution < -0.4 is 10.6 Å². The van der Waals surface area contributed by atoms with E-state index < -0.39 is 0 Å². The van der Waals surface area contributed by atoms with Crippen LogP contribution in [-0.4, -0.2) is 112 Å². The number of rotatable bonds is 8. The molecule has 31 heavy (non-hydrogen) atoms. The predicted molar refractivity (Wildman–Crippen MR) is 130 cm³/mol. The molecule has 0 aliphatic carbocycles. The Balaban J connectivity index is 1.56. The van der Waals surface area contributed by atoms with E-state index in [2.05, 4.69) is 51.2 Å². The number of hydrogen-bond acceptors (Lipinski definition) is 5. The number of aliphatic imine (C=N–C) groups is 1. The molecule has 0 aromatic carbocycles. The van der Waals surface area contributed by atoms with E-state index >= 15 is 0 Å². The summed E-state index contributed by atoms with van der Waals surface area (Å²) in [6.07, 6.45) is 7.78. The predicted octanol–water partition coefficient (Wildman–Crippen LogP) is 1.85. The van der Waals surface area contributed by atoms with Crippen molar-refractivity contribution in [3.05, 3.63) is 0 Å². The van der Waals surface area contributed by atoms with E-state index in [1.807, 2.05) is 7.05 Å². The highest BCUT2D eigenvalue weighted by Gasteiger charge is 2.39. The van der Waals surface area contributed by atoms with Gasteiger partial charge in [-0.15, -0.1) is 0 Å². The van der Waals surface area contributed by atoms with E-state index in [0.717, 1.165) is 45.4 Å². The topological polar surface area (TPSA) is 55.4 Å². The number of morpholine rings is 1. The molecule has 0 saturated carbocycles. The highest BCUT2D eigenvalue weighted by molar-refractivity contribution is 5.79. The SMILES string of the molecule is CN=C(NCC(CC(C)C)N1CCOCC1)NCC1(N2CCCCC2)CCN(C)CC1. The van der Waals surface area contributed by atoms with Crippen molar-refractivity contribution in [3.8, 4) is 0 Å². The van der Waals surface area contributed by atoms with Crippen LogP contribution in [0.4, 0.5) is 0 Å². The first-order chi connectivity index (χ1) is 15.0. The zero-order valence-electron chi connectivity index (χ0n) is 20.7. The maximum Gasteiger partial charge on any atom is 0.191 e. The van der Waals surface area contributed by atoms with Gasteiger partial charge in [-0.1, -0.05) is 20.3 Å². The first-order valence-electron chi connectivity index (χ1n) is 12.7. The van der Waals surface area contributed by atoms with E-state index in [1.165, 1.54) is 64.7 Å². The Kier molecular flexibility index (Phi) is 9.88. The first-order valence-corrected chi connectivity index (χ1v) is 12.7. The maximum atomic E-state index is 5.58. The molecule has 0 aromatic rings. The molecule has 0 bridgehead atoms. The lowest BCUT2D eigenvalue weighted by atomic mass is 9.84. The second-order valence-electron chi connectivity index (χ2n) is 10.3. The average Bonchev–Trinajstić information content (AvgIpc) is 2.80. The Morgan fingerprint density at radius 2 is 1.65 bits per heavy atom. The minimum absolute atomic E-state index is 0.270. The smallest absolute Gasteiger partial charge is 0.191 e. The Bertz CT molecular complexity index is 534. The van der Waals surface area contributed by atoms with Crippen LogP contribution in [0.5, 0.6) is 0 Å². The second-order valence-corrected chi connectivity index (χ2v) is 10.3. The average molecular weight is 437 g/mol. The Labute approximate surface area is 191 Å². The van der Waals surface area contributed by atoms with Gasteiger partial charge in [0.1, 0.15) is 0 Å². The number of likely N-dealkylation sites (tertiary alicyclic amines) is 2. The van der Waals surface area contributed by atoms with Crippen LogP contribution in [0, 0.1) is 5.92 Å². The van der Waals surface area contributed by atoms with Crippen LogP contribution in [0.2, 0.25) is 0 Å². The zero-order chi connectivity index (χ0) is 22.1. The summed E-state index contributed by atoms with van der Waals surface area (Å²) in [6, 6.07) is 0.529. The van der Waals surface area contributed by atoms with Gasteiger partial charge in [-0.2, -0.15) is 0 Å². The molecular weight excluding hydrogens is 388 g/mol. The number of hydrogen-bond donors (Lipinski definition) is 2. The van der Waals surface area contributed by atoms with Crippen molar-refractivity contribution in [3.63, 3.8) is 0 Å². The zero-order valence-corrected chi connectivity index (χ0v) is 20.7. The van der Waals surface area contributed by atoms with Crippen LogP contribution >= 0.6 is 0 Å². The summed E-state index contributed by atoms with van der Waals surface area (Å²) in [5, 5.41) is 7.41. The summed E-state index contributed by atoms with van der Waals surface area (Å²) in [5.74, 6) is 1.64. The molecule has 3 aliphatic heterocycles. The van der Waals surface area contributed by atoms with Crippen molar-refractivity contribution in [2.45, 2.75) is 64.0 Å². The summed E-state index contributed by atoms with van der Waals surface area (Å²) in [6.45, 7) is 15.3. The van der Waals surface area contributed by atoms with Crippen molar-refractivity contribution < 1.29 is 4.74 Å². The molecule has 7 nitrogen and oxygen atoms in total. The molecule has 0 aromatic heterocycles. The van der Waals surface area contributed by atoms with Crippen molar-refractivity contribution in [2.75, 3.05) is 79.7 Å². The number of piperidine rings is 2. The largest absolute Gasteiger partial charge is 0.379 e. The van der Waals surface area contributed by atoms with Gasteiger partial charge in [0, 0.05) is 44.8 Å². The molecule has 3 rings (SSSR count). The highest BCUT2D eigenvalue weighted by atomic mass is 16.5. The van der Waals surface area contributed by atoms with E-state index in [4.69, 9.17) is 4.74 Å². The van der Waals surface area contributed by atoms with Gasteiger partial charge in [0.15, 0.2) is 5.96 Å². The Morgan fingerprint density at radius 3 is 2.26 bits per heavy atom. The fourth-order valence-electron chi connectivity index (χ4n) is 5.54. The third kappa shape index (κ3) is 7.31. The van der Waals surface area contributed by atoms with Crippen LogP contribution in [-0.2, 0) is 4.74 Å². The lowest BCUT2D eigenvalue weighted by molar-refractivity contribution is 0.0128. The minimum Gasteiger partial charge on any atom is -0.379 e. The summed E-state index contributed by atoms with van der Waals surface area (Å²) in [4.78, 5) is 12.4. The summed E-state index contributed by atoms with van der Waals surface area (Å²) in [5.41, 5.74) is 0.270. The van der Waals surface area contributed by atoms with Gasteiger partial charge in [0.05, 0.1) is 13.2 Å². The van der Waals surface area contributed by atoms with Gasteiger partial charge in [-0.3, -0.25) is 14.8 Å². The summed E-state index contributed by atoms with van der Waals surface area (Å²) in [7, 11) is 4.16. The monoisotopic (exact) mass is 436 g/mol. The Hall–Kier alpha value is -0.890. The molecule has 180 valence electrons. The molecule has 0 spiro atoms. The van der Waals surface area contributed by atoms with Crippen molar-refractivity contribution >= 4 is 5.96 Å². The van der Waals surface area contributed by atoms with Crippen LogP contribution in [0.25, 0.3) is 0 Å². The molecular formula is C24H48N6O. The minimum atomic E-state index is 0.270. The quantitative estimate of drug-likeness (QED) is 0.447. The molecule has 3 aliphatic rings. The highest BCUT2D eigenvalue weighted by Crippen LogP contribution is 2.30. The molecule has 0 radical (unpaired) electrons. The van der Waals surface area contributed by atoms with Crippen molar-refractivity contribution in [1.82, 2.24) is 25.3 Å². The summed E-state index contributed by atoms with van der Waals surface area (Å²) < 4.78 is 5.58. The Morgan fingerprint density at radius 1 is 0.968 bits per heavy atom. The molecule has 3 heterocycles. The van der Waals surface area contributed by atoms with E-state index in [-0.39, 0.29) is 5.54 Å². The molecule has 3 saturated heterocycles. The van der Waals surface area contributed by atoms with Crippen molar-refractivity contribution in [2.24, 2.45) is 10.9 Å². The maximum absolute atomic E-state index is 5.58. The molecule has 1 unspecified atom stereocenters. The van der Waals surface area contributed by atoms with E-state index in [1.54, 1.807) is 0 Å². The van der Waals surface area contributed by atoms with Crippen LogP contribution in [0.3, 0.4) is 0 Å². The molecule has 2 N–H and O–H groups in total. The second kappa shape index (κ2) is 12.4. The third-order valence-corrected chi connectivity index (χ3v) is 7.56. The standard InChI is InChI=1S/C24H48N6O/c1-21(2)18-22(29-14-16-31-17-15-29)19-26-23(25-3)27-20-24(8-12-28(4)13-9-24)30-10-6-5-7-11-30/h21-22H,5-20H2,1-4H3,(H2,25,26,27). The molecule has 7 heteroatoms. The van der Waals surface area contributed by atoms with Gasteiger partial charge >= 0.3 is 0 Å². The summed E-state index contributed by atoms with van der Waals surface area (Å²) >= 11 is 0. The lowest BCUT2D eigenvalue weighted by Crippen LogP contribution is -2.62. The fourth-order valence-corrected chi connectivity index (χ4v) is 5.54. The molecule has 3 fully saturated rings. The van der Waals surface area contributed by atoms with Gasteiger partial charge < -0.3 is 20.3 Å². The van der Waals surface area contributed by atoms with Crippen LogP contribution in [0.1, 0.15) is 52.4 Å². The van der Waals surface area contributed by atoms with Gasteiger partial charge in [-0.25, -0.2) is 0 Å². The third-order valence-electron chi connectivity index (χ3n) is 7.56. The number of guanidine groups is 1. The molecule has 1 atom stereocenters. The van der Waals surface area contributed by atoms with Gasteiger partial charge in [0.2, 0.25) is 0 Å². The fraction of sp³-hybridized carbons (Fsp3) is 0.958. The number of nitrogens with zero attached hydrogens (tertiary/aromatic N) is 4. The van der Waals surface area contributed by atoms with Gasteiger partial charge in [-0.05, 0) is 71.2 Å². The number of nitrogens with one attached hydrogen (secondary N) is 2. The first kappa shape index (κ1) is 24.7. The van der Waals surface area contributed by atoms with Crippen LogP contribution in [0.15, 0.2) is 4.99 Å². The van der Waals surface area contributed by atoms with E-state index in [0.29, 0.717) is 12.0 Å². The van der Waals surface area contributed by atoms with Gasteiger partial charge in [0.25, 0.3) is 0 Å². The van der Waals surface area contributed by atoms with E-state index in [9.17, 15) is 0 Å². The number of ether oxygens (including phenoxy) is 1. The van der Waals surface area contributed by atoms with Crippen molar-refractivity contribution in [1.29, 1.82) is 0 Å². The lowest BCUT2D eigenvalue weighted by Gasteiger charge is -2.50.